The predicted molar refractivity (Wildman–Crippen MR) is 109 cm³/mol. The minimum Gasteiger partial charge on any atom is -0.328 e. The maximum absolute atomic E-state index is 12.5. The van der Waals surface area contributed by atoms with Crippen molar-refractivity contribution in [3.8, 4) is 0 Å². The van der Waals surface area contributed by atoms with Crippen molar-refractivity contribution in [3.05, 3.63) is 87.1 Å². The van der Waals surface area contributed by atoms with Gasteiger partial charge in [-0.25, -0.2) is 0 Å². The van der Waals surface area contributed by atoms with Gasteiger partial charge < -0.3 is 10.6 Å². The molecule has 1 heterocycles. The summed E-state index contributed by atoms with van der Waals surface area (Å²) in [5.74, 6) is 0.0191. The van der Waals surface area contributed by atoms with Crippen LogP contribution >= 0.6 is 11.3 Å². The van der Waals surface area contributed by atoms with Gasteiger partial charge in [-0.2, -0.15) is 0 Å². The van der Waals surface area contributed by atoms with Crippen LogP contribution in [0.3, 0.4) is 0 Å². The Bertz CT molecular complexity index is 870. The third kappa shape index (κ3) is 4.59. The van der Waals surface area contributed by atoms with Gasteiger partial charge in [0.2, 0.25) is 0 Å². The van der Waals surface area contributed by atoms with E-state index in [0.29, 0.717) is 6.54 Å². The molecule has 1 aromatic heterocycles. The molecule has 0 radical (unpaired) electrons. The first-order valence-corrected chi connectivity index (χ1v) is 9.71. The zero-order valence-corrected chi connectivity index (χ0v) is 16.3. The first kappa shape index (κ1) is 18.4. The van der Waals surface area contributed by atoms with E-state index in [1.807, 2.05) is 19.1 Å². The molecule has 3 nitrogen and oxygen atoms in total. The molecule has 3 rings (SSSR count). The van der Waals surface area contributed by atoms with Crippen molar-refractivity contribution in [3.63, 3.8) is 0 Å². The lowest BCUT2D eigenvalue weighted by molar-refractivity contribution is -0.675. The van der Waals surface area contributed by atoms with E-state index in [2.05, 4.69) is 72.3 Å². The summed E-state index contributed by atoms with van der Waals surface area (Å²) in [5.41, 5.74) is 5.64. The smallest absolute Gasteiger partial charge is 0.279 e. The number of thiophene rings is 1. The van der Waals surface area contributed by atoms with Crippen molar-refractivity contribution in [2.24, 2.45) is 0 Å². The number of amides is 1. The van der Waals surface area contributed by atoms with Gasteiger partial charge in [-0.3, -0.25) is 4.79 Å². The van der Waals surface area contributed by atoms with Gasteiger partial charge in [0.15, 0.2) is 6.54 Å². The van der Waals surface area contributed by atoms with Crippen LogP contribution in [0.25, 0.3) is 0 Å². The third-order valence-corrected chi connectivity index (χ3v) is 5.44. The molecule has 0 spiro atoms. The van der Waals surface area contributed by atoms with Crippen LogP contribution in [0.2, 0.25) is 0 Å². The van der Waals surface area contributed by atoms with E-state index in [1.54, 1.807) is 11.3 Å². The molecule has 0 saturated carbocycles. The van der Waals surface area contributed by atoms with Crippen LogP contribution in [0.4, 0.5) is 5.69 Å². The molecule has 0 aliphatic carbocycles. The quantitative estimate of drug-likeness (QED) is 0.682. The van der Waals surface area contributed by atoms with Crippen molar-refractivity contribution in [2.45, 2.75) is 26.8 Å². The molecule has 0 aliphatic rings. The van der Waals surface area contributed by atoms with Gasteiger partial charge >= 0.3 is 0 Å². The van der Waals surface area contributed by atoms with Gasteiger partial charge in [0, 0.05) is 11.3 Å². The van der Waals surface area contributed by atoms with E-state index in [-0.39, 0.29) is 11.9 Å². The molecule has 26 heavy (non-hydrogen) atoms. The summed E-state index contributed by atoms with van der Waals surface area (Å²) >= 11 is 1.73. The summed E-state index contributed by atoms with van der Waals surface area (Å²) < 4.78 is 0. The lowest BCUT2D eigenvalue weighted by Gasteiger charge is -2.15. The Morgan fingerprint density at radius 2 is 1.77 bits per heavy atom. The maximum Gasteiger partial charge on any atom is 0.279 e. The van der Waals surface area contributed by atoms with E-state index in [1.165, 1.54) is 21.6 Å². The molecule has 0 saturated heterocycles. The van der Waals surface area contributed by atoms with Crippen LogP contribution in [0.1, 0.15) is 33.2 Å². The van der Waals surface area contributed by atoms with Crippen molar-refractivity contribution in [1.82, 2.24) is 0 Å². The summed E-state index contributed by atoms with van der Waals surface area (Å²) in [6.07, 6.45) is 0. The number of carbonyl (C=O) groups excluding carboxylic acids is 1. The highest BCUT2D eigenvalue weighted by Gasteiger charge is 2.20. The van der Waals surface area contributed by atoms with Gasteiger partial charge in [-0.15, -0.1) is 11.3 Å². The Kier molecular flexibility index (Phi) is 5.86. The number of rotatable bonds is 6. The maximum atomic E-state index is 12.5. The number of quaternary nitrogens is 1. The number of aryl methyl sites for hydroxylation is 3. The largest absolute Gasteiger partial charge is 0.328 e. The Morgan fingerprint density at radius 1 is 1.04 bits per heavy atom. The monoisotopic (exact) mass is 365 g/mol. The molecule has 0 unspecified atom stereocenters. The standard InChI is InChI=1S/C22H24N2OS/c1-15-6-9-18(10-7-15)22(20-5-4-12-26-20)23-14-21(25)24-19-11-8-16(2)13-17(19)3/h4-13,22-23H,14H2,1-3H3,(H,24,25)/p+1/t22-/m0/s1. The molecule has 3 N–H and O–H groups in total. The van der Waals surface area contributed by atoms with E-state index >= 15 is 0 Å². The van der Waals surface area contributed by atoms with Crippen molar-refractivity contribution >= 4 is 22.9 Å². The first-order chi connectivity index (χ1) is 12.5. The van der Waals surface area contributed by atoms with Crippen LogP contribution in [0.5, 0.6) is 0 Å². The molecule has 0 aliphatic heterocycles. The number of nitrogens with one attached hydrogen (secondary N) is 1. The second kappa shape index (κ2) is 8.30. The zero-order chi connectivity index (χ0) is 18.5. The molecule has 2 aromatic carbocycles. The van der Waals surface area contributed by atoms with Crippen molar-refractivity contribution < 1.29 is 10.1 Å². The summed E-state index contributed by atoms with van der Waals surface area (Å²) in [4.78, 5) is 13.7. The summed E-state index contributed by atoms with van der Waals surface area (Å²) in [6, 6.07) is 19.0. The van der Waals surface area contributed by atoms with Gasteiger partial charge in [0.05, 0.1) is 4.88 Å². The van der Waals surface area contributed by atoms with Crippen LogP contribution in [-0.4, -0.2) is 12.5 Å². The number of hydrogen-bond donors (Lipinski definition) is 2. The molecule has 134 valence electrons. The second-order valence-electron chi connectivity index (χ2n) is 6.71. The Balaban J connectivity index is 1.69. The molecule has 1 amide bonds. The Morgan fingerprint density at radius 3 is 2.42 bits per heavy atom. The van der Waals surface area contributed by atoms with E-state index in [0.717, 1.165) is 11.3 Å². The fraction of sp³-hybridized carbons (Fsp3) is 0.227. The highest BCUT2D eigenvalue weighted by atomic mass is 32.1. The van der Waals surface area contributed by atoms with E-state index in [9.17, 15) is 4.79 Å². The molecule has 0 fully saturated rings. The Labute approximate surface area is 159 Å². The average molecular weight is 366 g/mol. The summed E-state index contributed by atoms with van der Waals surface area (Å²) in [5, 5.41) is 7.22. The van der Waals surface area contributed by atoms with Gasteiger partial charge in [-0.1, -0.05) is 53.6 Å². The lowest BCUT2D eigenvalue weighted by Crippen LogP contribution is -2.87. The average Bonchev–Trinajstić information content (AvgIpc) is 3.13. The van der Waals surface area contributed by atoms with Gasteiger partial charge in [-0.05, 0) is 43.8 Å². The molecule has 3 aromatic rings. The Hall–Kier alpha value is -2.43. The van der Waals surface area contributed by atoms with Crippen LogP contribution in [0.15, 0.2) is 60.0 Å². The van der Waals surface area contributed by atoms with Gasteiger partial charge in [0.25, 0.3) is 5.91 Å². The van der Waals surface area contributed by atoms with Crippen molar-refractivity contribution in [1.29, 1.82) is 0 Å². The topological polar surface area (TPSA) is 45.7 Å². The molecular weight excluding hydrogens is 340 g/mol. The van der Waals surface area contributed by atoms with Crippen LogP contribution in [0, 0.1) is 20.8 Å². The lowest BCUT2D eigenvalue weighted by atomic mass is 10.0. The minimum absolute atomic E-state index is 0.0191. The highest BCUT2D eigenvalue weighted by Crippen LogP contribution is 2.23. The predicted octanol–water partition coefficient (Wildman–Crippen LogP) is 3.96. The highest BCUT2D eigenvalue weighted by molar-refractivity contribution is 7.10. The fourth-order valence-electron chi connectivity index (χ4n) is 3.04. The van der Waals surface area contributed by atoms with Gasteiger partial charge in [0.1, 0.15) is 6.04 Å². The van der Waals surface area contributed by atoms with Crippen LogP contribution in [-0.2, 0) is 4.79 Å². The number of benzene rings is 2. The van der Waals surface area contributed by atoms with Crippen molar-refractivity contribution in [2.75, 3.05) is 11.9 Å². The minimum atomic E-state index is 0.0191. The summed E-state index contributed by atoms with van der Waals surface area (Å²) in [7, 11) is 0. The fourth-order valence-corrected chi connectivity index (χ4v) is 3.89. The normalized spacial score (nSPS) is 12.0. The molecule has 4 heteroatoms. The third-order valence-electron chi connectivity index (χ3n) is 4.48. The van der Waals surface area contributed by atoms with E-state index in [4.69, 9.17) is 0 Å². The first-order valence-electron chi connectivity index (χ1n) is 8.83. The molecule has 1 atom stereocenters. The molecule has 0 bridgehead atoms. The van der Waals surface area contributed by atoms with E-state index < -0.39 is 0 Å². The summed E-state index contributed by atoms with van der Waals surface area (Å²) in [6.45, 7) is 6.54. The number of hydrogen-bond acceptors (Lipinski definition) is 2. The zero-order valence-electron chi connectivity index (χ0n) is 15.5. The molecular formula is C22H25N2OS+. The number of carbonyl (C=O) groups is 1. The SMILES string of the molecule is Cc1ccc([C@H]([NH2+]CC(=O)Nc2ccc(C)cc2C)c2cccs2)cc1. The number of anilines is 1. The number of nitrogens with two attached hydrogens (primary N) is 1. The second-order valence-corrected chi connectivity index (χ2v) is 7.69. The van der Waals surface area contributed by atoms with Crippen LogP contribution < -0.4 is 10.6 Å².